The van der Waals surface area contributed by atoms with Crippen LogP contribution in [-0.4, -0.2) is 26.4 Å². The van der Waals surface area contributed by atoms with Crippen molar-refractivity contribution in [1.82, 2.24) is 14.8 Å². The number of anilines is 2. The molecule has 1 amide bonds. The standard InChI is InChI=1S/C22H18FN5OS/c23-18-11-4-5-12-19(18)25-20(29)14-30-22-27-26-21(15-7-6-8-16(24)13-15)28(22)17-9-2-1-3-10-17/h1-13H,14,24H2,(H,25,29). The summed E-state index contributed by atoms with van der Waals surface area (Å²) in [7, 11) is 0. The Labute approximate surface area is 176 Å². The minimum absolute atomic E-state index is 0.0518. The number of nitrogens with two attached hydrogens (primary N) is 1. The highest BCUT2D eigenvalue weighted by Crippen LogP contribution is 2.29. The number of para-hydroxylation sites is 2. The molecule has 0 atom stereocenters. The third-order valence-electron chi connectivity index (χ3n) is 4.27. The third kappa shape index (κ3) is 4.33. The lowest BCUT2D eigenvalue weighted by molar-refractivity contribution is -0.113. The summed E-state index contributed by atoms with van der Waals surface area (Å²) < 4.78 is 15.6. The van der Waals surface area contributed by atoms with E-state index in [-0.39, 0.29) is 17.3 Å². The molecule has 3 aromatic carbocycles. The first kappa shape index (κ1) is 19.7. The second kappa shape index (κ2) is 8.79. The van der Waals surface area contributed by atoms with Crippen molar-refractivity contribution in [3.05, 3.63) is 84.7 Å². The summed E-state index contributed by atoms with van der Waals surface area (Å²) in [6.07, 6.45) is 0. The second-order valence-electron chi connectivity index (χ2n) is 6.42. The van der Waals surface area contributed by atoms with Gasteiger partial charge in [0.1, 0.15) is 5.82 Å². The largest absolute Gasteiger partial charge is 0.399 e. The average Bonchev–Trinajstić information content (AvgIpc) is 3.18. The van der Waals surface area contributed by atoms with Crippen molar-refractivity contribution in [3.63, 3.8) is 0 Å². The van der Waals surface area contributed by atoms with Crippen LogP contribution in [0.2, 0.25) is 0 Å². The Morgan fingerprint density at radius 2 is 1.77 bits per heavy atom. The van der Waals surface area contributed by atoms with Gasteiger partial charge >= 0.3 is 0 Å². The summed E-state index contributed by atoms with van der Waals surface area (Å²) in [5, 5.41) is 11.7. The van der Waals surface area contributed by atoms with Crippen LogP contribution in [0, 0.1) is 5.82 Å². The molecule has 0 unspecified atom stereocenters. The molecule has 0 saturated heterocycles. The molecule has 0 bridgehead atoms. The summed E-state index contributed by atoms with van der Waals surface area (Å²) in [4.78, 5) is 12.3. The number of halogens is 1. The molecular formula is C22H18FN5OS. The Balaban J connectivity index is 1.60. The van der Waals surface area contributed by atoms with Crippen LogP contribution >= 0.6 is 11.8 Å². The van der Waals surface area contributed by atoms with E-state index in [1.54, 1.807) is 18.2 Å². The van der Waals surface area contributed by atoms with Gasteiger partial charge in [-0.15, -0.1) is 10.2 Å². The summed E-state index contributed by atoms with van der Waals surface area (Å²) in [5.74, 6) is -0.146. The van der Waals surface area contributed by atoms with Crippen molar-refractivity contribution in [3.8, 4) is 17.1 Å². The van der Waals surface area contributed by atoms with Gasteiger partial charge in [-0.25, -0.2) is 4.39 Å². The third-order valence-corrected chi connectivity index (χ3v) is 5.20. The van der Waals surface area contributed by atoms with Gasteiger partial charge in [0, 0.05) is 16.9 Å². The molecule has 8 heteroatoms. The number of thioether (sulfide) groups is 1. The smallest absolute Gasteiger partial charge is 0.234 e. The van der Waals surface area contributed by atoms with E-state index in [1.165, 1.54) is 23.9 Å². The number of benzene rings is 3. The zero-order chi connectivity index (χ0) is 20.9. The molecule has 0 radical (unpaired) electrons. The van der Waals surface area contributed by atoms with Gasteiger partial charge in [0.25, 0.3) is 0 Å². The summed E-state index contributed by atoms with van der Waals surface area (Å²) in [6.45, 7) is 0. The quantitative estimate of drug-likeness (QED) is 0.358. The Morgan fingerprint density at radius 1 is 1.00 bits per heavy atom. The Morgan fingerprint density at radius 3 is 2.53 bits per heavy atom. The summed E-state index contributed by atoms with van der Waals surface area (Å²) in [6, 6.07) is 23.0. The molecule has 0 saturated carbocycles. The number of hydrogen-bond acceptors (Lipinski definition) is 5. The molecular weight excluding hydrogens is 401 g/mol. The van der Waals surface area contributed by atoms with Gasteiger partial charge in [0.15, 0.2) is 11.0 Å². The molecule has 30 heavy (non-hydrogen) atoms. The van der Waals surface area contributed by atoms with Gasteiger partial charge in [0.05, 0.1) is 11.4 Å². The first-order valence-electron chi connectivity index (χ1n) is 9.16. The average molecular weight is 419 g/mol. The van der Waals surface area contributed by atoms with Crippen molar-refractivity contribution in [1.29, 1.82) is 0 Å². The number of carbonyl (C=O) groups excluding carboxylic acids is 1. The van der Waals surface area contributed by atoms with E-state index in [0.717, 1.165) is 11.3 Å². The molecule has 0 spiro atoms. The van der Waals surface area contributed by atoms with Gasteiger partial charge < -0.3 is 11.1 Å². The van der Waals surface area contributed by atoms with Crippen molar-refractivity contribution < 1.29 is 9.18 Å². The molecule has 150 valence electrons. The monoisotopic (exact) mass is 419 g/mol. The van der Waals surface area contributed by atoms with Crippen LogP contribution in [0.3, 0.4) is 0 Å². The van der Waals surface area contributed by atoms with Crippen LogP contribution < -0.4 is 11.1 Å². The summed E-state index contributed by atoms with van der Waals surface area (Å²) in [5.41, 5.74) is 8.37. The lowest BCUT2D eigenvalue weighted by atomic mass is 10.2. The molecule has 0 fully saturated rings. The number of rotatable bonds is 6. The number of nitrogen functional groups attached to an aromatic ring is 1. The van der Waals surface area contributed by atoms with E-state index in [1.807, 2.05) is 53.1 Å². The van der Waals surface area contributed by atoms with E-state index in [2.05, 4.69) is 15.5 Å². The van der Waals surface area contributed by atoms with Gasteiger partial charge in [-0.05, 0) is 36.4 Å². The number of aromatic nitrogens is 3. The maximum atomic E-state index is 13.8. The van der Waals surface area contributed by atoms with Crippen LogP contribution in [0.4, 0.5) is 15.8 Å². The van der Waals surface area contributed by atoms with Gasteiger partial charge in [0.2, 0.25) is 5.91 Å². The molecule has 4 rings (SSSR count). The fourth-order valence-electron chi connectivity index (χ4n) is 2.92. The van der Waals surface area contributed by atoms with Crippen molar-refractivity contribution in [2.24, 2.45) is 0 Å². The number of nitrogens with zero attached hydrogens (tertiary/aromatic N) is 3. The maximum absolute atomic E-state index is 13.8. The van der Waals surface area contributed by atoms with Crippen molar-refractivity contribution in [2.45, 2.75) is 5.16 Å². The van der Waals surface area contributed by atoms with Crippen molar-refractivity contribution >= 4 is 29.0 Å². The molecule has 3 N–H and O–H groups in total. The predicted octanol–water partition coefficient (Wildman–Crippen LogP) is 4.39. The molecule has 0 aliphatic rings. The first-order valence-corrected chi connectivity index (χ1v) is 10.1. The Kier molecular flexibility index (Phi) is 5.76. The van der Waals surface area contributed by atoms with Crippen LogP contribution in [-0.2, 0) is 4.79 Å². The number of amides is 1. The topological polar surface area (TPSA) is 85.8 Å². The van der Waals surface area contributed by atoms with E-state index in [0.29, 0.717) is 16.7 Å². The van der Waals surface area contributed by atoms with E-state index in [9.17, 15) is 9.18 Å². The molecule has 0 aliphatic carbocycles. The SMILES string of the molecule is Nc1cccc(-c2nnc(SCC(=O)Nc3ccccc3F)n2-c2ccccc2)c1. The lowest BCUT2D eigenvalue weighted by Crippen LogP contribution is -2.15. The van der Waals surface area contributed by atoms with Crippen LogP contribution in [0.15, 0.2) is 84.0 Å². The zero-order valence-electron chi connectivity index (χ0n) is 15.8. The maximum Gasteiger partial charge on any atom is 0.234 e. The van der Waals surface area contributed by atoms with E-state index in [4.69, 9.17) is 5.73 Å². The highest BCUT2D eigenvalue weighted by molar-refractivity contribution is 7.99. The second-order valence-corrected chi connectivity index (χ2v) is 7.36. The Hall–Kier alpha value is -3.65. The molecule has 4 aromatic rings. The van der Waals surface area contributed by atoms with Gasteiger partial charge in [-0.1, -0.05) is 54.2 Å². The minimum atomic E-state index is -0.479. The fourth-order valence-corrected chi connectivity index (χ4v) is 3.67. The predicted molar refractivity (Wildman–Crippen MR) is 117 cm³/mol. The normalized spacial score (nSPS) is 10.7. The highest BCUT2D eigenvalue weighted by atomic mass is 32.2. The zero-order valence-corrected chi connectivity index (χ0v) is 16.6. The van der Waals surface area contributed by atoms with E-state index < -0.39 is 5.82 Å². The van der Waals surface area contributed by atoms with Crippen LogP contribution in [0.25, 0.3) is 17.1 Å². The van der Waals surface area contributed by atoms with Crippen molar-refractivity contribution in [2.75, 3.05) is 16.8 Å². The molecule has 1 heterocycles. The molecule has 0 aliphatic heterocycles. The summed E-state index contributed by atoms with van der Waals surface area (Å²) >= 11 is 1.22. The minimum Gasteiger partial charge on any atom is -0.399 e. The number of nitrogens with one attached hydrogen (secondary N) is 1. The lowest BCUT2D eigenvalue weighted by Gasteiger charge is -2.11. The van der Waals surface area contributed by atoms with E-state index >= 15 is 0 Å². The molecule has 6 nitrogen and oxygen atoms in total. The first-order chi connectivity index (χ1) is 14.6. The molecule has 1 aromatic heterocycles. The highest BCUT2D eigenvalue weighted by Gasteiger charge is 2.17. The van der Waals surface area contributed by atoms with Gasteiger partial charge in [-0.3, -0.25) is 9.36 Å². The van der Waals surface area contributed by atoms with Crippen LogP contribution in [0.1, 0.15) is 0 Å². The van der Waals surface area contributed by atoms with Crippen LogP contribution in [0.5, 0.6) is 0 Å². The van der Waals surface area contributed by atoms with Gasteiger partial charge in [-0.2, -0.15) is 0 Å². The Bertz CT molecular complexity index is 1180. The number of hydrogen-bond donors (Lipinski definition) is 2. The number of carbonyl (C=O) groups is 1. The fraction of sp³-hybridized carbons (Fsp3) is 0.0455.